The summed E-state index contributed by atoms with van der Waals surface area (Å²) in [7, 11) is 0. The normalized spacial score (nSPS) is 20.0. The van der Waals surface area contributed by atoms with Crippen molar-refractivity contribution in [2.45, 2.75) is 70.4 Å². The highest BCUT2D eigenvalue weighted by atomic mass is 16.1. The molecule has 5 rings (SSSR count). The molecule has 2 aliphatic rings. The van der Waals surface area contributed by atoms with Gasteiger partial charge in [0.15, 0.2) is 5.82 Å². The number of anilines is 1. The molecule has 0 radical (unpaired) electrons. The number of fused-ring (bicyclic) bond motifs is 1. The summed E-state index contributed by atoms with van der Waals surface area (Å²) in [5.74, 6) is 1.58. The van der Waals surface area contributed by atoms with Gasteiger partial charge in [0.25, 0.3) is 5.56 Å². The van der Waals surface area contributed by atoms with Crippen molar-refractivity contribution in [2.24, 2.45) is 0 Å². The van der Waals surface area contributed by atoms with Crippen molar-refractivity contribution < 1.29 is 0 Å². The minimum absolute atomic E-state index is 0.0450. The van der Waals surface area contributed by atoms with Crippen molar-refractivity contribution in [1.29, 1.82) is 0 Å². The number of rotatable bonds is 4. The summed E-state index contributed by atoms with van der Waals surface area (Å²) in [5.41, 5.74) is 3.04. The Morgan fingerprint density at radius 1 is 1.14 bits per heavy atom. The third-order valence-electron chi connectivity index (χ3n) is 6.05. The Kier molecular flexibility index (Phi) is 4.22. The maximum absolute atomic E-state index is 12.5. The van der Waals surface area contributed by atoms with Crippen LogP contribution in [-0.2, 0) is 12.0 Å². The lowest BCUT2D eigenvalue weighted by Gasteiger charge is -2.27. The SMILES string of the molecule is CC(C)(C)c1ccc(=O)n(CC2CCCN2c2nccn3nc(C4CC4)cc23)n1. The van der Waals surface area contributed by atoms with E-state index < -0.39 is 0 Å². The van der Waals surface area contributed by atoms with Crippen LogP contribution in [0.15, 0.2) is 35.4 Å². The van der Waals surface area contributed by atoms with Gasteiger partial charge in [-0.15, -0.1) is 0 Å². The first-order chi connectivity index (χ1) is 13.9. The lowest BCUT2D eigenvalue weighted by molar-refractivity contribution is 0.456. The molecule has 0 amide bonds. The molecule has 0 bridgehead atoms. The van der Waals surface area contributed by atoms with Crippen LogP contribution in [0.3, 0.4) is 0 Å². The summed E-state index contributed by atoms with van der Waals surface area (Å²) in [4.78, 5) is 19.5. The molecule has 1 saturated heterocycles. The average molecular weight is 393 g/mol. The first kappa shape index (κ1) is 18.3. The Balaban J connectivity index is 1.47. The van der Waals surface area contributed by atoms with E-state index in [0.29, 0.717) is 12.5 Å². The molecule has 29 heavy (non-hydrogen) atoms. The molecule has 1 atom stereocenters. The van der Waals surface area contributed by atoms with Crippen molar-refractivity contribution >= 4 is 11.3 Å². The zero-order valence-corrected chi connectivity index (χ0v) is 17.4. The van der Waals surface area contributed by atoms with Gasteiger partial charge in [0.1, 0.15) is 5.52 Å². The quantitative estimate of drug-likeness (QED) is 0.682. The number of hydrogen-bond acceptors (Lipinski definition) is 5. The molecule has 1 saturated carbocycles. The van der Waals surface area contributed by atoms with Crippen LogP contribution in [0.1, 0.15) is 63.8 Å². The van der Waals surface area contributed by atoms with Crippen LogP contribution in [0.2, 0.25) is 0 Å². The predicted octanol–water partition coefficient (Wildman–Crippen LogP) is 3.13. The minimum Gasteiger partial charge on any atom is -0.350 e. The van der Waals surface area contributed by atoms with E-state index in [4.69, 9.17) is 10.1 Å². The van der Waals surface area contributed by atoms with Gasteiger partial charge < -0.3 is 4.90 Å². The molecule has 0 spiro atoms. The molecule has 0 N–H and O–H groups in total. The standard InChI is InChI=1S/C22H28N6O/c1-22(2,3)19-8-9-20(29)28(25-19)14-16-5-4-11-26(16)21-18-13-17(15-6-7-15)24-27(18)12-10-23-21/h8-10,12-13,15-16H,4-7,11,14H2,1-3H3. The van der Waals surface area contributed by atoms with E-state index in [9.17, 15) is 4.79 Å². The molecule has 7 nitrogen and oxygen atoms in total. The van der Waals surface area contributed by atoms with Crippen LogP contribution in [0.25, 0.3) is 5.52 Å². The fraction of sp³-hybridized carbons (Fsp3) is 0.545. The third-order valence-corrected chi connectivity index (χ3v) is 6.05. The smallest absolute Gasteiger partial charge is 0.266 e. The summed E-state index contributed by atoms with van der Waals surface area (Å²) >= 11 is 0. The molecule has 3 aromatic rings. The number of aromatic nitrogens is 5. The summed E-state index contributed by atoms with van der Waals surface area (Å²) < 4.78 is 3.59. The van der Waals surface area contributed by atoms with Gasteiger partial charge >= 0.3 is 0 Å². The minimum atomic E-state index is -0.0885. The summed E-state index contributed by atoms with van der Waals surface area (Å²) in [6.07, 6.45) is 8.33. The topological polar surface area (TPSA) is 68.3 Å². The summed E-state index contributed by atoms with van der Waals surface area (Å²) in [6.45, 7) is 7.87. The van der Waals surface area contributed by atoms with Crippen LogP contribution in [0, 0.1) is 0 Å². The van der Waals surface area contributed by atoms with Crippen LogP contribution < -0.4 is 10.5 Å². The molecule has 152 valence electrons. The van der Waals surface area contributed by atoms with Gasteiger partial charge in [0.05, 0.1) is 24.0 Å². The first-order valence-corrected chi connectivity index (χ1v) is 10.6. The second kappa shape index (κ2) is 6.68. The maximum Gasteiger partial charge on any atom is 0.266 e. The third kappa shape index (κ3) is 3.43. The maximum atomic E-state index is 12.5. The molecule has 1 aliphatic carbocycles. The Hall–Kier alpha value is -2.70. The lowest BCUT2D eigenvalue weighted by atomic mass is 9.92. The van der Waals surface area contributed by atoms with Crippen molar-refractivity contribution in [3.8, 4) is 0 Å². The second-order valence-corrected chi connectivity index (χ2v) is 9.40. The first-order valence-electron chi connectivity index (χ1n) is 10.6. The lowest BCUT2D eigenvalue weighted by Crippen LogP contribution is -2.38. The molecule has 0 aromatic carbocycles. The highest BCUT2D eigenvalue weighted by Crippen LogP contribution is 2.40. The molecular weight excluding hydrogens is 364 g/mol. The Morgan fingerprint density at radius 2 is 1.97 bits per heavy atom. The van der Waals surface area contributed by atoms with Crippen molar-refractivity contribution in [3.05, 3.63) is 52.3 Å². The zero-order valence-electron chi connectivity index (χ0n) is 17.4. The largest absolute Gasteiger partial charge is 0.350 e. The van der Waals surface area contributed by atoms with Crippen LogP contribution >= 0.6 is 0 Å². The van der Waals surface area contributed by atoms with E-state index in [1.807, 2.05) is 23.0 Å². The monoisotopic (exact) mass is 392 g/mol. The van der Waals surface area contributed by atoms with Gasteiger partial charge in [0, 0.05) is 36.3 Å². The molecule has 4 heterocycles. The molecule has 7 heteroatoms. The number of hydrogen-bond donors (Lipinski definition) is 0. The number of nitrogens with zero attached hydrogens (tertiary/aromatic N) is 6. The second-order valence-electron chi connectivity index (χ2n) is 9.40. The van der Waals surface area contributed by atoms with E-state index in [-0.39, 0.29) is 17.0 Å². The van der Waals surface area contributed by atoms with Crippen LogP contribution in [0.5, 0.6) is 0 Å². The van der Waals surface area contributed by atoms with Crippen molar-refractivity contribution in [3.63, 3.8) is 0 Å². The molecule has 2 fully saturated rings. The van der Waals surface area contributed by atoms with Gasteiger partial charge in [0.2, 0.25) is 0 Å². The highest BCUT2D eigenvalue weighted by molar-refractivity contribution is 5.70. The summed E-state index contributed by atoms with van der Waals surface area (Å²) in [5, 5.41) is 9.42. The van der Waals surface area contributed by atoms with Gasteiger partial charge in [-0.05, 0) is 37.8 Å². The Labute approximate surface area is 170 Å². The van der Waals surface area contributed by atoms with Gasteiger partial charge in [-0.2, -0.15) is 10.2 Å². The van der Waals surface area contributed by atoms with E-state index >= 15 is 0 Å². The van der Waals surface area contributed by atoms with Gasteiger partial charge in [-0.1, -0.05) is 20.8 Å². The van der Waals surface area contributed by atoms with Crippen LogP contribution in [-0.4, -0.2) is 37.0 Å². The van der Waals surface area contributed by atoms with E-state index in [2.05, 4.69) is 36.8 Å². The van der Waals surface area contributed by atoms with Crippen molar-refractivity contribution in [1.82, 2.24) is 24.4 Å². The van der Waals surface area contributed by atoms with E-state index in [0.717, 1.165) is 36.4 Å². The van der Waals surface area contributed by atoms with Crippen LogP contribution in [0.4, 0.5) is 5.82 Å². The van der Waals surface area contributed by atoms with E-state index in [1.165, 1.54) is 18.5 Å². The fourth-order valence-electron chi connectivity index (χ4n) is 4.21. The fourth-order valence-corrected chi connectivity index (χ4v) is 4.21. The van der Waals surface area contributed by atoms with Gasteiger partial charge in [-0.25, -0.2) is 14.2 Å². The molecule has 1 aliphatic heterocycles. The van der Waals surface area contributed by atoms with Crippen molar-refractivity contribution in [2.75, 3.05) is 11.4 Å². The van der Waals surface area contributed by atoms with Gasteiger partial charge in [-0.3, -0.25) is 4.79 Å². The molecule has 3 aromatic heterocycles. The summed E-state index contributed by atoms with van der Waals surface area (Å²) in [6, 6.07) is 5.89. The van der Waals surface area contributed by atoms with E-state index in [1.54, 1.807) is 10.7 Å². The Bertz CT molecular complexity index is 1100. The molecule has 1 unspecified atom stereocenters. The highest BCUT2D eigenvalue weighted by Gasteiger charge is 2.31. The predicted molar refractivity (Wildman–Crippen MR) is 113 cm³/mol. The zero-order chi connectivity index (χ0) is 20.2. The molecular formula is C22H28N6O. The average Bonchev–Trinajstić information content (AvgIpc) is 3.27. The Morgan fingerprint density at radius 3 is 2.72 bits per heavy atom.